The van der Waals surface area contributed by atoms with E-state index in [0.717, 1.165) is 5.56 Å². The van der Waals surface area contributed by atoms with Gasteiger partial charge in [0, 0.05) is 26.7 Å². The van der Waals surface area contributed by atoms with Gasteiger partial charge in [0.1, 0.15) is 0 Å². The fraction of sp³-hybridized carbons (Fsp3) is 0.417. The molecule has 0 saturated carbocycles. The Morgan fingerprint density at radius 3 is 2.18 bits per heavy atom. The molecule has 0 atom stereocenters. The standard InChI is InChI=1S/C12H18N2O3/c1-14(2)13-6-5-9-7-10(16-3)12(15)11(8-9)17-4/h6-8,15H,5H2,1-4H3. The van der Waals surface area contributed by atoms with E-state index in [1.807, 2.05) is 14.1 Å². The summed E-state index contributed by atoms with van der Waals surface area (Å²) in [7, 11) is 6.72. The summed E-state index contributed by atoms with van der Waals surface area (Å²) in [5.41, 5.74) is 0.960. The molecule has 0 bridgehead atoms. The van der Waals surface area contributed by atoms with Gasteiger partial charge in [-0.1, -0.05) is 0 Å². The van der Waals surface area contributed by atoms with E-state index in [4.69, 9.17) is 9.47 Å². The van der Waals surface area contributed by atoms with Crippen LogP contribution in [0.5, 0.6) is 17.2 Å². The van der Waals surface area contributed by atoms with Gasteiger partial charge in [0.05, 0.1) is 14.2 Å². The van der Waals surface area contributed by atoms with Crippen molar-refractivity contribution in [1.82, 2.24) is 5.01 Å². The van der Waals surface area contributed by atoms with Crippen LogP contribution in [0.15, 0.2) is 17.2 Å². The number of methoxy groups -OCH3 is 2. The molecule has 94 valence electrons. The molecule has 0 spiro atoms. The van der Waals surface area contributed by atoms with E-state index >= 15 is 0 Å². The molecule has 0 aliphatic carbocycles. The van der Waals surface area contributed by atoms with Crippen molar-refractivity contribution in [2.24, 2.45) is 5.10 Å². The highest BCUT2D eigenvalue weighted by atomic mass is 16.5. The molecule has 1 rings (SSSR count). The molecule has 5 nitrogen and oxygen atoms in total. The second kappa shape index (κ2) is 5.98. The molecule has 0 saturated heterocycles. The summed E-state index contributed by atoms with van der Waals surface area (Å²) in [6.45, 7) is 0. The normalized spacial score (nSPS) is 10.6. The maximum absolute atomic E-state index is 9.74. The zero-order valence-electron chi connectivity index (χ0n) is 10.6. The third-order valence-corrected chi connectivity index (χ3v) is 2.18. The smallest absolute Gasteiger partial charge is 0.200 e. The molecular formula is C12H18N2O3. The fourth-order valence-corrected chi connectivity index (χ4v) is 1.38. The molecule has 5 heteroatoms. The van der Waals surface area contributed by atoms with E-state index in [2.05, 4.69) is 5.10 Å². The summed E-state index contributed by atoms with van der Waals surface area (Å²) < 4.78 is 10.1. The predicted molar refractivity (Wildman–Crippen MR) is 67.1 cm³/mol. The first kappa shape index (κ1) is 13.2. The van der Waals surface area contributed by atoms with Gasteiger partial charge in [0.15, 0.2) is 11.5 Å². The van der Waals surface area contributed by atoms with Gasteiger partial charge in [-0.15, -0.1) is 0 Å². The number of hydrogen-bond acceptors (Lipinski definition) is 5. The van der Waals surface area contributed by atoms with Crippen LogP contribution >= 0.6 is 0 Å². The quantitative estimate of drug-likeness (QED) is 0.624. The van der Waals surface area contributed by atoms with E-state index in [9.17, 15) is 5.11 Å². The predicted octanol–water partition coefficient (Wildman–Crippen LogP) is 1.50. The molecule has 0 aliphatic heterocycles. The minimum Gasteiger partial charge on any atom is -0.502 e. The number of aromatic hydroxyl groups is 1. The van der Waals surface area contributed by atoms with Crippen molar-refractivity contribution >= 4 is 6.21 Å². The zero-order valence-corrected chi connectivity index (χ0v) is 10.6. The average molecular weight is 238 g/mol. The minimum absolute atomic E-state index is 0.0169. The Kier molecular flexibility index (Phi) is 4.63. The van der Waals surface area contributed by atoms with Crippen LogP contribution in [0.25, 0.3) is 0 Å². The van der Waals surface area contributed by atoms with Gasteiger partial charge in [-0.3, -0.25) is 0 Å². The summed E-state index contributed by atoms with van der Waals surface area (Å²) in [6, 6.07) is 3.53. The van der Waals surface area contributed by atoms with Crippen LogP contribution in [0.4, 0.5) is 0 Å². The maximum atomic E-state index is 9.74. The Hall–Kier alpha value is -1.91. The molecular weight excluding hydrogens is 220 g/mol. The van der Waals surface area contributed by atoms with Crippen LogP contribution in [0.3, 0.4) is 0 Å². The van der Waals surface area contributed by atoms with Gasteiger partial charge in [-0.2, -0.15) is 5.10 Å². The number of phenols is 1. The molecule has 0 aromatic heterocycles. The SMILES string of the molecule is COc1cc(CC=NN(C)C)cc(OC)c1O. The summed E-state index contributed by atoms with van der Waals surface area (Å²) in [4.78, 5) is 0. The second-order valence-electron chi connectivity index (χ2n) is 3.70. The van der Waals surface area contributed by atoms with E-state index in [-0.39, 0.29) is 5.75 Å². The zero-order chi connectivity index (χ0) is 12.8. The van der Waals surface area contributed by atoms with Crippen LogP contribution in [-0.2, 0) is 6.42 Å². The molecule has 0 heterocycles. The average Bonchev–Trinajstić information content (AvgIpc) is 2.30. The van der Waals surface area contributed by atoms with Crippen molar-refractivity contribution in [1.29, 1.82) is 0 Å². The third kappa shape index (κ3) is 3.55. The second-order valence-corrected chi connectivity index (χ2v) is 3.70. The van der Waals surface area contributed by atoms with Gasteiger partial charge >= 0.3 is 0 Å². The van der Waals surface area contributed by atoms with Crippen LogP contribution in [0.2, 0.25) is 0 Å². The number of phenolic OH excluding ortho intramolecular Hbond substituents is 1. The van der Waals surface area contributed by atoms with Gasteiger partial charge < -0.3 is 19.6 Å². The van der Waals surface area contributed by atoms with E-state index < -0.39 is 0 Å². The first-order valence-electron chi connectivity index (χ1n) is 5.22. The molecule has 1 aromatic rings. The summed E-state index contributed by atoms with van der Waals surface area (Å²) in [5.74, 6) is 0.818. The number of ether oxygens (including phenoxy) is 2. The summed E-state index contributed by atoms with van der Waals surface area (Å²) in [6.07, 6.45) is 2.43. The highest BCUT2D eigenvalue weighted by Crippen LogP contribution is 2.36. The van der Waals surface area contributed by atoms with Crippen molar-refractivity contribution in [3.8, 4) is 17.2 Å². The molecule has 17 heavy (non-hydrogen) atoms. The number of benzene rings is 1. The molecule has 0 unspecified atom stereocenters. The number of nitrogens with zero attached hydrogens (tertiary/aromatic N) is 2. The minimum atomic E-state index is 0.0169. The van der Waals surface area contributed by atoms with Crippen LogP contribution in [0, 0.1) is 0 Å². The number of rotatable bonds is 5. The number of hydrogen-bond donors (Lipinski definition) is 1. The summed E-state index contributed by atoms with van der Waals surface area (Å²) in [5, 5.41) is 15.6. The highest BCUT2D eigenvalue weighted by Gasteiger charge is 2.10. The first-order valence-corrected chi connectivity index (χ1v) is 5.22. The topological polar surface area (TPSA) is 54.3 Å². The van der Waals surface area contributed by atoms with Crippen LogP contribution < -0.4 is 9.47 Å². The van der Waals surface area contributed by atoms with Crippen molar-refractivity contribution < 1.29 is 14.6 Å². The Balaban J connectivity index is 2.93. The molecule has 0 radical (unpaired) electrons. The van der Waals surface area contributed by atoms with Crippen molar-refractivity contribution in [3.63, 3.8) is 0 Å². The van der Waals surface area contributed by atoms with Crippen molar-refractivity contribution in [3.05, 3.63) is 17.7 Å². The first-order chi connectivity index (χ1) is 8.08. The third-order valence-electron chi connectivity index (χ3n) is 2.18. The molecule has 0 aliphatic rings. The lowest BCUT2D eigenvalue weighted by molar-refractivity contribution is 0.339. The van der Waals surface area contributed by atoms with E-state index in [1.165, 1.54) is 14.2 Å². The Labute approximate surface area is 101 Å². The maximum Gasteiger partial charge on any atom is 0.200 e. The largest absolute Gasteiger partial charge is 0.502 e. The Bertz CT molecular complexity index is 378. The van der Waals surface area contributed by atoms with Gasteiger partial charge in [-0.05, 0) is 17.7 Å². The fourth-order valence-electron chi connectivity index (χ4n) is 1.38. The lowest BCUT2D eigenvalue weighted by Crippen LogP contribution is -2.02. The van der Waals surface area contributed by atoms with Crippen LogP contribution in [0.1, 0.15) is 5.56 Å². The summed E-state index contributed by atoms with van der Waals surface area (Å²) >= 11 is 0. The van der Waals surface area contributed by atoms with Gasteiger partial charge in [-0.25, -0.2) is 0 Å². The highest BCUT2D eigenvalue weighted by molar-refractivity contribution is 5.64. The number of hydrazone groups is 1. The molecule has 0 fully saturated rings. The van der Waals surface area contributed by atoms with Crippen molar-refractivity contribution in [2.45, 2.75) is 6.42 Å². The lowest BCUT2D eigenvalue weighted by atomic mass is 10.1. The molecule has 1 aromatic carbocycles. The lowest BCUT2D eigenvalue weighted by Gasteiger charge is -2.10. The molecule has 0 amide bonds. The Morgan fingerprint density at radius 1 is 1.24 bits per heavy atom. The van der Waals surface area contributed by atoms with E-state index in [1.54, 1.807) is 23.4 Å². The van der Waals surface area contributed by atoms with Crippen molar-refractivity contribution in [2.75, 3.05) is 28.3 Å². The van der Waals surface area contributed by atoms with Crippen LogP contribution in [-0.4, -0.2) is 44.6 Å². The van der Waals surface area contributed by atoms with Gasteiger partial charge in [0.25, 0.3) is 0 Å². The monoisotopic (exact) mass is 238 g/mol. The van der Waals surface area contributed by atoms with Gasteiger partial charge in [0.2, 0.25) is 5.75 Å². The molecule has 1 N–H and O–H groups in total. The van der Waals surface area contributed by atoms with E-state index in [0.29, 0.717) is 17.9 Å². The Morgan fingerprint density at radius 2 is 1.76 bits per heavy atom.